The van der Waals surface area contributed by atoms with Crippen molar-refractivity contribution in [1.29, 1.82) is 0 Å². The van der Waals surface area contributed by atoms with Gasteiger partial charge >= 0.3 is 0 Å². The third-order valence-corrected chi connectivity index (χ3v) is 15.7. The van der Waals surface area contributed by atoms with Gasteiger partial charge in [0.25, 0.3) is 0 Å². The highest BCUT2D eigenvalue weighted by Gasteiger charge is 2.32. The van der Waals surface area contributed by atoms with Crippen molar-refractivity contribution in [1.82, 2.24) is 0 Å². The molecular formula is C34H24N2O2S6. The lowest BCUT2D eigenvalue weighted by Gasteiger charge is -2.08. The number of nitrogens with zero attached hydrogens (tertiary/aromatic N) is 2. The molecule has 3 aliphatic rings. The van der Waals surface area contributed by atoms with Gasteiger partial charge in [-0.1, -0.05) is 95.6 Å². The average molecular weight is 685 g/mol. The predicted molar refractivity (Wildman–Crippen MR) is 200 cm³/mol. The number of phenolic OH excluding ortho intramolecular Hbond substituents is 2. The summed E-state index contributed by atoms with van der Waals surface area (Å²) in [5.41, 5.74) is 5.32. The molecule has 0 unspecified atom stereocenters. The Hall–Kier alpha value is -2.86. The summed E-state index contributed by atoms with van der Waals surface area (Å²) in [7, 11) is 0. The van der Waals surface area contributed by atoms with Crippen LogP contribution in [0.1, 0.15) is 22.3 Å². The zero-order valence-corrected chi connectivity index (χ0v) is 27.9. The monoisotopic (exact) mass is 684 g/mol. The Balaban J connectivity index is 1.18. The highest BCUT2D eigenvalue weighted by molar-refractivity contribution is 8.43. The van der Waals surface area contributed by atoms with E-state index in [1.807, 2.05) is 119 Å². The largest absolute Gasteiger partial charge is 0.507 e. The molecule has 0 aromatic heterocycles. The zero-order valence-electron chi connectivity index (χ0n) is 23.0. The molecule has 0 radical (unpaired) electrons. The van der Waals surface area contributed by atoms with Crippen LogP contribution in [0.4, 0.5) is 11.4 Å². The molecule has 4 nitrogen and oxygen atoms in total. The fourth-order valence-electron chi connectivity index (χ4n) is 4.44. The fraction of sp³-hybridized carbons (Fsp3) is 0.0588. The molecule has 0 spiro atoms. The first kappa shape index (κ1) is 29.8. The van der Waals surface area contributed by atoms with E-state index in [4.69, 9.17) is 0 Å². The van der Waals surface area contributed by atoms with Crippen LogP contribution in [-0.4, -0.2) is 34.1 Å². The third kappa shape index (κ3) is 6.71. The van der Waals surface area contributed by atoms with Gasteiger partial charge in [-0.25, -0.2) is 0 Å². The SMILES string of the molecule is Oc1ccccc1C=Nc1ccc(C2=C(c3ccc(N=Cc4ccccc4O)cc3)SC(=C3SC4=C(SCCS4)S3)S2)cc1. The number of para-hydroxylation sites is 2. The first-order valence-electron chi connectivity index (χ1n) is 13.7. The van der Waals surface area contributed by atoms with Gasteiger partial charge < -0.3 is 10.2 Å². The first-order valence-corrected chi connectivity index (χ1v) is 18.9. The summed E-state index contributed by atoms with van der Waals surface area (Å²) < 4.78 is 5.59. The number of aromatic hydroxyl groups is 2. The lowest BCUT2D eigenvalue weighted by atomic mass is 10.1. The average Bonchev–Trinajstić information content (AvgIpc) is 3.70. The molecule has 2 N–H and O–H groups in total. The maximum Gasteiger partial charge on any atom is 0.124 e. The number of hydrogen-bond acceptors (Lipinski definition) is 10. The Kier molecular flexibility index (Phi) is 9.25. The van der Waals surface area contributed by atoms with Gasteiger partial charge in [0.1, 0.15) is 11.5 Å². The Morgan fingerprint density at radius 2 is 0.886 bits per heavy atom. The van der Waals surface area contributed by atoms with Gasteiger partial charge in [-0.15, -0.1) is 23.5 Å². The van der Waals surface area contributed by atoms with E-state index < -0.39 is 0 Å². The smallest absolute Gasteiger partial charge is 0.124 e. The minimum absolute atomic E-state index is 0.216. The van der Waals surface area contributed by atoms with Crippen molar-refractivity contribution in [2.24, 2.45) is 9.98 Å². The molecule has 0 saturated heterocycles. The zero-order chi connectivity index (χ0) is 29.9. The van der Waals surface area contributed by atoms with E-state index in [0.717, 1.165) is 22.5 Å². The lowest BCUT2D eigenvalue weighted by Crippen LogP contribution is -1.88. The molecule has 0 fully saturated rings. The third-order valence-electron chi connectivity index (χ3n) is 6.69. The van der Waals surface area contributed by atoms with Crippen molar-refractivity contribution in [2.45, 2.75) is 0 Å². The van der Waals surface area contributed by atoms with E-state index in [0.29, 0.717) is 11.1 Å². The lowest BCUT2D eigenvalue weighted by molar-refractivity contribution is 0.474. The minimum atomic E-state index is 0.216. The Bertz CT molecular complexity index is 1750. The van der Waals surface area contributed by atoms with Crippen molar-refractivity contribution in [3.05, 3.63) is 136 Å². The van der Waals surface area contributed by atoms with E-state index in [9.17, 15) is 10.2 Å². The maximum absolute atomic E-state index is 10.1. The van der Waals surface area contributed by atoms with Gasteiger partial charge in [0.2, 0.25) is 0 Å². The molecule has 7 rings (SSSR count). The van der Waals surface area contributed by atoms with Crippen LogP contribution in [0.2, 0.25) is 0 Å². The summed E-state index contributed by atoms with van der Waals surface area (Å²) in [6, 6.07) is 31.0. The molecule has 0 aliphatic carbocycles. The molecule has 10 heteroatoms. The number of rotatable bonds is 6. The van der Waals surface area contributed by atoms with Crippen molar-refractivity contribution in [3.8, 4) is 11.5 Å². The Labute approximate surface area is 281 Å². The summed E-state index contributed by atoms with van der Waals surface area (Å²) >= 11 is 11.5. The molecule has 0 amide bonds. The highest BCUT2D eigenvalue weighted by atomic mass is 32.3. The van der Waals surface area contributed by atoms with E-state index in [-0.39, 0.29) is 11.5 Å². The van der Waals surface area contributed by atoms with E-state index in [1.54, 1.807) is 36.7 Å². The van der Waals surface area contributed by atoms with Crippen LogP contribution in [0.25, 0.3) is 9.81 Å². The quantitative estimate of drug-likeness (QED) is 0.195. The fourth-order valence-corrected chi connectivity index (χ4v) is 13.4. The van der Waals surface area contributed by atoms with Crippen molar-refractivity contribution < 1.29 is 10.2 Å². The molecule has 218 valence electrons. The molecular weight excluding hydrogens is 661 g/mol. The molecule has 3 heterocycles. The maximum atomic E-state index is 10.1. The van der Waals surface area contributed by atoms with E-state index >= 15 is 0 Å². The number of thioether (sulfide) groups is 6. The Morgan fingerprint density at radius 3 is 1.32 bits per heavy atom. The minimum Gasteiger partial charge on any atom is -0.507 e. The van der Waals surface area contributed by atoms with Gasteiger partial charge in [-0.3, -0.25) is 9.98 Å². The van der Waals surface area contributed by atoms with E-state index in [2.05, 4.69) is 34.3 Å². The molecule has 0 atom stereocenters. The van der Waals surface area contributed by atoms with Gasteiger partial charge in [-0.2, -0.15) is 0 Å². The number of phenols is 2. The second-order valence-corrected chi connectivity index (χ2v) is 17.0. The van der Waals surface area contributed by atoms with Crippen LogP contribution in [0.15, 0.2) is 124 Å². The molecule has 4 aromatic rings. The van der Waals surface area contributed by atoms with Crippen LogP contribution in [-0.2, 0) is 0 Å². The van der Waals surface area contributed by atoms with Crippen molar-refractivity contribution in [3.63, 3.8) is 0 Å². The predicted octanol–water partition coefficient (Wildman–Crippen LogP) is 11.1. The number of aliphatic imine (C=N–C) groups is 2. The van der Waals surface area contributed by atoms with Crippen LogP contribution in [0.3, 0.4) is 0 Å². The van der Waals surface area contributed by atoms with Crippen LogP contribution in [0.5, 0.6) is 11.5 Å². The molecule has 44 heavy (non-hydrogen) atoms. The van der Waals surface area contributed by atoms with Crippen LogP contribution >= 0.6 is 70.6 Å². The van der Waals surface area contributed by atoms with Crippen LogP contribution in [0, 0.1) is 0 Å². The highest BCUT2D eigenvalue weighted by Crippen LogP contribution is 2.67. The molecule has 3 aliphatic heterocycles. The second kappa shape index (κ2) is 13.6. The van der Waals surface area contributed by atoms with Crippen LogP contribution < -0.4 is 0 Å². The summed E-state index contributed by atoms with van der Waals surface area (Å²) in [5, 5.41) is 20.1. The van der Waals surface area contributed by atoms with Gasteiger partial charge in [0.05, 0.1) is 28.3 Å². The van der Waals surface area contributed by atoms with Gasteiger partial charge in [0.15, 0.2) is 0 Å². The molecule has 0 bridgehead atoms. The summed E-state index contributed by atoms with van der Waals surface area (Å²) in [6.07, 6.45) is 3.39. The van der Waals surface area contributed by atoms with Crippen molar-refractivity contribution in [2.75, 3.05) is 11.5 Å². The Morgan fingerprint density at radius 1 is 0.477 bits per heavy atom. The second-order valence-electron chi connectivity index (χ2n) is 9.64. The molecule has 0 saturated carbocycles. The standard InChI is InChI=1S/C34H24N2O2S6/c37-27-7-3-1-5-23(27)19-35-25-13-9-21(10-14-25)29-30(42-33(41-29)34-43-31-32(44-34)40-18-17-39-31)22-11-15-26(16-12-22)36-20-24-6-2-4-8-28(24)38/h1-16,19-20,37-38H,17-18H2. The molecule has 4 aromatic carbocycles. The van der Waals surface area contributed by atoms with Gasteiger partial charge in [0, 0.05) is 44.9 Å². The number of hydrogen-bond donors (Lipinski definition) is 2. The number of benzene rings is 4. The summed E-state index contributed by atoms with van der Waals surface area (Å²) in [5.74, 6) is 2.78. The van der Waals surface area contributed by atoms with Gasteiger partial charge in [-0.05, 0) is 59.7 Å². The summed E-state index contributed by atoms with van der Waals surface area (Å²) in [4.78, 5) is 11.6. The van der Waals surface area contributed by atoms with E-state index in [1.165, 1.54) is 38.3 Å². The first-order chi connectivity index (χ1) is 21.6. The van der Waals surface area contributed by atoms with Crippen molar-refractivity contribution >= 4 is 104 Å². The summed E-state index contributed by atoms with van der Waals surface area (Å²) in [6.45, 7) is 0. The normalized spacial score (nSPS) is 17.0. The topological polar surface area (TPSA) is 65.2 Å².